The number of carbonyl (C=O) groups is 1. The van der Waals surface area contributed by atoms with E-state index in [-0.39, 0.29) is 5.91 Å². The molecule has 4 nitrogen and oxygen atoms in total. The lowest BCUT2D eigenvalue weighted by Gasteiger charge is -2.04. The molecule has 2 aromatic carbocycles. The number of ether oxygens (including phenoxy) is 1. The number of nitrogens with zero attached hydrogens (tertiary/aromatic N) is 1. The molecule has 0 aliphatic rings. The molecule has 1 N–H and O–H groups in total. The fraction of sp³-hybridized carbons (Fsp3) is 0.176. The van der Waals surface area contributed by atoms with Crippen LogP contribution in [0.1, 0.15) is 10.4 Å². The van der Waals surface area contributed by atoms with E-state index in [0.29, 0.717) is 12.2 Å². The first-order valence-electron chi connectivity index (χ1n) is 7.09. The maximum absolute atomic E-state index is 11.8. The molecule has 0 heterocycles. The molecule has 1 amide bonds. The lowest BCUT2D eigenvalue weighted by molar-refractivity contribution is 0.0955. The number of nitrogens with one attached hydrogen (secondary N) is 1. The molecule has 0 bridgehead atoms. The highest BCUT2D eigenvalue weighted by atomic mass is 79.9. The van der Waals surface area contributed by atoms with Gasteiger partial charge in [0.25, 0.3) is 5.91 Å². The summed E-state index contributed by atoms with van der Waals surface area (Å²) < 4.78 is 6.52. The Hall–Kier alpha value is -1.79. The second kappa shape index (κ2) is 10.1. The summed E-state index contributed by atoms with van der Waals surface area (Å²) in [7, 11) is 0. The van der Waals surface area contributed by atoms with Gasteiger partial charge >= 0.3 is 0 Å². The Morgan fingerprint density at radius 2 is 1.91 bits per heavy atom. The normalized spacial score (nSPS) is 10.7. The Balaban J connectivity index is 1.56. The van der Waals surface area contributed by atoms with Gasteiger partial charge < -0.3 is 4.74 Å². The summed E-state index contributed by atoms with van der Waals surface area (Å²) in [5.41, 5.74) is 3.08. The maximum Gasteiger partial charge on any atom is 0.271 e. The first kappa shape index (κ1) is 17.6. The quantitative estimate of drug-likeness (QED) is 0.419. The minimum Gasteiger partial charge on any atom is -0.493 e. The van der Waals surface area contributed by atoms with Crippen LogP contribution in [-0.4, -0.2) is 30.2 Å². The Labute approximate surface area is 148 Å². The van der Waals surface area contributed by atoms with Crippen molar-refractivity contribution in [3.05, 3.63) is 64.6 Å². The number of hydrazone groups is 1. The molecule has 0 saturated carbocycles. The molecule has 0 aromatic heterocycles. The van der Waals surface area contributed by atoms with E-state index in [4.69, 9.17) is 4.74 Å². The molecular formula is C17H17BrN2O2S. The summed E-state index contributed by atoms with van der Waals surface area (Å²) >= 11 is 5.02. The van der Waals surface area contributed by atoms with Crippen molar-refractivity contribution in [1.29, 1.82) is 0 Å². The van der Waals surface area contributed by atoms with Crippen molar-refractivity contribution >= 4 is 39.8 Å². The van der Waals surface area contributed by atoms with Crippen LogP contribution in [0, 0.1) is 0 Å². The Morgan fingerprint density at radius 1 is 1.17 bits per heavy atom. The molecule has 0 atom stereocenters. The van der Waals surface area contributed by atoms with E-state index in [1.54, 1.807) is 30.1 Å². The Kier molecular flexibility index (Phi) is 7.69. The fourth-order valence-corrected chi connectivity index (χ4v) is 2.49. The molecule has 0 spiro atoms. The van der Waals surface area contributed by atoms with Crippen LogP contribution in [0.4, 0.5) is 0 Å². The fourth-order valence-electron chi connectivity index (χ4n) is 1.68. The summed E-state index contributed by atoms with van der Waals surface area (Å²) in [6, 6.07) is 16.8. The second-order valence-corrected chi connectivity index (χ2v) is 6.56. The van der Waals surface area contributed by atoms with Crippen molar-refractivity contribution in [2.75, 3.05) is 18.1 Å². The van der Waals surface area contributed by atoms with Gasteiger partial charge in [-0.15, -0.1) is 0 Å². The van der Waals surface area contributed by atoms with E-state index in [1.165, 1.54) is 0 Å². The minimum atomic E-state index is -0.217. The lowest BCUT2D eigenvalue weighted by atomic mass is 10.2. The zero-order valence-corrected chi connectivity index (χ0v) is 14.8. The zero-order valence-electron chi connectivity index (χ0n) is 12.4. The van der Waals surface area contributed by atoms with Gasteiger partial charge in [0.2, 0.25) is 0 Å². The molecule has 2 rings (SSSR count). The van der Waals surface area contributed by atoms with E-state index >= 15 is 0 Å². The number of rotatable bonds is 8. The molecule has 2 aromatic rings. The minimum absolute atomic E-state index is 0.217. The van der Waals surface area contributed by atoms with Crippen molar-refractivity contribution in [3.63, 3.8) is 0 Å². The van der Waals surface area contributed by atoms with Gasteiger partial charge in [-0.05, 0) is 36.4 Å². The third-order valence-electron chi connectivity index (χ3n) is 2.80. The molecule has 0 unspecified atom stereocenters. The highest BCUT2D eigenvalue weighted by molar-refractivity contribution is 9.10. The van der Waals surface area contributed by atoms with Gasteiger partial charge in [-0.1, -0.05) is 34.1 Å². The first-order valence-corrected chi connectivity index (χ1v) is 9.03. The number of hydrogen-bond donors (Lipinski definition) is 1. The van der Waals surface area contributed by atoms with Gasteiger partial charge in [-0.25, -0.2) is 5.43 Å². The van der Waals surface area contributed by atoms with Crippen LogP contribution in [-0.2, 0) is 0 Å². The summed E-state index contributed by atoms with van der Waals surface area (Å²) in [6.07, 6.45) is 1.68. The number of hydrogen-bond acceptors (Lipinski definition) is 4. The predicted molar refractivity (Wildman–Crippen MR) is 99.4 cm³/mol. The molecule has 0 aliphatic heterocycles. The average molecular weight is 393 g/mol. The number of thioether (sulfide) groups is 1. The summed E-state index contributed by atoms with van der Waals surface area (Å²) in [5, 5.41) is 3.93. The molecule has 0 radical (unpaired) electrons. The Morgan fingerprint density at radius 3 is 2.65 bits per heavy atom. The number of halogens is 1. The molecule has 0 saturated heterocycles. The zero-order chi connectivity index (χ0) is 16.3. The van der Waals surface area contributed by atoms with Crippen molar-refractivity contribution in [2.45, 2.75) is 0 Å². The van der Waals surface area contributed by atoms with Crippen LogP contribution >= 0.6 is 27.7 Å². The molecule has 23 heavy (non-hydrogen) atoms. The molecular weight excluding hydrogens is 376 g/mol. The standard InChI is InChI=1S/C17H17BrN2O2S/c18-15-8-6-14(7-9-15)17(21)20-19-10-12-23-13-11-22-16-4-2-1-3-5-16/h1-10H,11-13H2,(H,20,21)/b19-10+. The van der Waals surface area contributed by atoms with Gasteiger partial charge in [-0.3, -0.25) is 4.79 Å². The topological polar surface area (TPSA) is 50.7 Å². The van der Waals surface area contributed by atoms with E-state index in [2.05, 4.69) is 26.5 Å². The summed E-state index contributed by atoms with van der Waals surface area (Å²) in [5.74, 6) is 2.25. The second-order valence-electron chi connectivity index (χ2n) is 4.50. The van der Waals surface area contributed by atoms with Crippen molar-refractivity contribution < 1.29 is 9.53 Å². The van der Waals surface area contributed by atoms with E-state index in [0.717, 1.165) is 21.7 Å². The third kappa shape index (κ3) is 6.88. The van der Waals surface area contributed by atoms with Gasteiger partial charge in [-0.2, -0.15) is 16.9 Å². The van der Waals surface area contributed by atoms with Crippen molar-refractivity contribution in [2.24, 2.45) is 5.10 Å². The number of benzene rings is 2. The van der Waals surface area contributed by atoms with Crippen molar-refractivity contribution in [1.82, 2.24) is 5.43 Å². The van der Waals surface area contributed by atoms with E-state index in [1.807, 2.05) is 42.5 Å². The SMILES string of the molecule is O=C(N/N=C/CSCCOc1ccccc1)c1ccc(Br)cc1. The van der Waals surface area contributed by atoms with Crippen LogP contribution in [0.15, 0.2) is 64.2 Å². The van der Waals surface area contributed by atoms with Gasteiger partial charge in [0.1, 0.15) is 5.75 Å². The number of amides is 1. The number of carbonyl (C=O) groups excluding carboxylic acids is 1. The van der Waals surface area contributed by atoms with Crippen LogP contribution in [0.2, 0.25) is 0 Å². The smallest absolute Gasteiger partial charge is 0.271 e. The molecule has 120 valence electrons. The van der Waals surface area contributed by atoms with Gasteiger partial charge in [0.05, 0.1) is 6.61 Å². The van der Waals surface area contributed by atoms with Crippen LogP contribution in [0.3, 0.4) is 0 Å². The first-order chi connectivity index (χ1) is 11.3. The van der Waals surface area contributed by atoms with E-state index < -0.39 is 0 Å². The number of para-hydroxylation sites is 1. The maximum atomic E-state index is 11.8. The third-order valence-corrected chi connectivity index (χ3v) is 4.16. The average Bonchev–Trinajstić information content (AvgIpc) is 2.58. The van der Waals surface area contributed by atoms with Crippen LogP contribution in [0.5, 0.6) is 5.75 Å². The van der Waals surface area contributed by atoms with E-state index in [9.17, 15) is 4.79 Å². The van der Waals surface area contributed by atoms with Crippen molar-refractivity contribution in [3.8, 4) is 5.75 Å². The van der Waals surface area contributed by atoms with Crippen LogP contribution in [0.25, 0.3) is 0 Å². The Bertz CT molecular complexity index is 633. The lowest BCUT2D eigenvalue weighted by Crippen LogP contribution is -2.17. The highest BCUT2D eigenvalue weighted by Gasteiger charge is 2.02. The molecule has 0 aliphatic carbocycles. The predicted octanol–water partition coefficient (Wildman–Crippen LogP) is 3.98. The van der Waals surface area contributed by atoms with Gasteiger partial charge in [0, 0.05) is 27.8 Å². The van der Waals surface area contributed by atoms with Gasteiger partial charge in [0.15, 0.2) is 0 Å². The molecule has 6 heteroatoms. The summed E-state index contributed by atoms with van der Waals surface area (Å²) in [6.45, 7) is 0.647. The highest BCUT2D eigenvalue weighted by Crippen LogP contribution is 2.10. The van der Waals surface area contributed by atoms with Crippen LogP contribution < -0.4 is 10.2 Å². The summed E-state index contributed by atoms with van der Waals surface area (Å²) in [4.78, 5) is 11.8. The largest absolute Gasteiger partial charge is 0.493 e. The molecule has 0 fully saturated rings. The monoisotopic (exact) mass is 392 g/mol.